The summed E-state index contributed by atoms with van der Waals surface area (Å²) in [4.78, 5) is 17.2. The molecular weight excluding hydrogens is 390 g/mol. The summed E-state index contributed by atoms with van der Waals surface area (Å²) in [5, 5.41) is 4.49. The molecule has 0 radical (unpaired) electrons. The summed E-state index contributed by atoms with van der Waals surface area (Å²) in [5.74, 6) is 0.312. The van der Waals surface area contributed by atoms with Crippen molar-refractivity contribution in [2.75, 3.05) is 5.32 Å². The van der Waals surface area contributed by atoms with Crippen LogP contribution < -0.4 is 5.32 Å². The Hall–Kier alpha value is -2.53. The van der Waals surface area contributed by atoms with Crippen molar-refractivity contribution in [3.63, 3.8) is 0 Å². The normalized spacial score (nSPS) is 17.9. The van der Waals surface area contributed by atoms with Crippen molar-refractivity contribution >= 4 is 23.1 Å². The molecule has 0 saturated carbocycles. The van der Waals surface area contributed by atoms with E-state index in [4.69, 9.17) is 0 Å². The van der Waals surface area contributed by atoms with Gasteiger partial charge in [-0.15, -0.1) is 11.3 Å². The number of nitrogens with zero attached hydrogens (tertiary/aromatic N) is 2. The molecule has 5 rings (SSSR count). The molecule has 1 atom stereocenters. The summed E-state index contributed by atoms with van der Waals surface area (Å²) >= 11 is 1.94. The lowest BCUT2D eigenvalue weighted by atomic mass is 9.94. The molecule has 2 aromatic heterocycles. The highest BCUT2D eigenvalue weighted by molar-refractivity contribution is 7.15. The van der Waals surface area contributed by atoms with Gasteiger partial charge in [0.25, 0.3) is 0 Å². The first-order valence-electron chi connectivity index (χ1n) is 11.0. The van der Waals surface area contributed by atoms with E-state index in [1.54, 1.807) is 0 Å². The smallest absolute Gasteiger partial charge is 0.311 e. The van der Waals surface area contributed by atoms with E-state index in [2.05, 4.69) is 60.0 Å². The topological polar surface area (TPSA) is 37.3 Å². The molecule has 3 heterocycles. The zero-order valence-corrected chi connectivity index (χ0v) is 18.8. The van der Waals surface area contributed by atoms with E-state index in [1.165, 1.54) is 46.0 Å². The molecule has 1 aliphatic heterocycles. The number of hydrogen-bond donors (Lipinski definition) is 1. The highest BCUT2D eigenvalue weighted by Crippen LogP contribution is 2.44. The number of carbonyl (C=O) groups excluding carboxylic acids is 1. The molecule has 0 bridgehead atoms. The maximum atomic E-state index is 13.6. The van der Waals surface area contributed by atoms with E-state index in [0.717, 1.165) is 17.7 Å². The number of thiophene rings is 1. The van der Waals surface area contributed by atoms with Gasteiger partial charge in [0.1, 0.15) is 5.00 Å². The molecule has 5 heteroatoms. The number of amides is 2. The molecule has 1 aliphatic carbocycles. The molecule has 3 aromatic rings. The minimum atomic E-state index is -0.0179. The van der Waals surface area contributed by atoms with Gasteiger partial charge in [0, 0.05) is 28.0 Å². The minimum absolute atomic E-state index is 0.0179. The van der Waals surface area contributed by atoms with E-state index in [0.29, 0.717) is 12.5 Å². The monoisotopic (exact) mass is 419 g/mol. The van der Waals surface area contributed by atoms with Gasteiger partial charge in [0.05, 0.1) is 12.6 Å². The fraction of sp³-hybridized carbons (Fsp3) is 0.400. The minimum Gasteiger partial charge on any atom is -0.311 e. The van der Waals surface area contributed by atoms with Gasteiger partial charge >= 0.3 is 6.03 Å². The quantitative estimate of drug-likeness (QED) is 0.508. The van der Waals surface area contributed by atoms with Crippen LogP contribution in [0.15, 0.2) is 42.6 Å². The number of urea groups is 1. The number of hydrogen-bond acceptors (Lipinski definition) is 2. The van der Waals surface area contributed by atoms with E-state index in [-0.39, 0.29) is 12.1 Å². The largest absolute Gasteiger partial charge is 0.322 e. The molecule has 0 unspecified atom stereocenters. The molecule has 1 N–H and O–H groups in total. The van der Waals surface area contributed by atoms with Crippen LogP contribution in [0.3, 0.4) is 0 Å². The van der Waals surface area contributed by atoms with Crippen LogP contribution in [-0.2, 0) is 19.4 Å². The highest BCUT2D eigenvalue weighted by Gasteiger charge is 2.36. The molecule has 0 fully saturated rings. The SMILES string of the molecule is Cc1cccc(NC(=O)N2Cc3c(sc4c3CCCC4)-n3cccc3[C@@H]2C(C)C)c1. The molecule has 30 heavy (non-hydrogen) atoms. The number of rotatable bonds is 2. The van der Waals surface area contributed by atoms with Gasteiger partial charge in [-0.05, 0) is 73.9 Å². The number of nitrogens with one attached hydrogen (secondary N) is 1. The first-order valence-corrected chi connectivity index (χ1v) is 11.8. The lowest BCUT2D eigenvalue weighted by Crippen LogP contribution is -2.39. The predicted molar refractivity (Wildman–Crippen MR) is 124 cm³/mol. The van der Waals surface area contributed by atoms with E-state index >= 15 is 0 Å². The Bertz CT molecular complexity index is 1090. The summed E-state index contributed by atoms with van der Waals surface area (Å²) in [6.07, 6.45) is 7.01. The number of aryl methyl sites for hydroxylation is 2. The van der Waals surface area contributed by atoms with E-state index in [9.17, 15) is 4.79 Å². The van der Waals surface area contributed by atoms with Crippen LogP contribution >= 0.6 is 11.3 Å². The summed E-state index contributed by atoms with van der Waals surface area (Å²) in [5.41, 5.74) is 6.07. The van der Waals surface area contributed by atoms with Gasteiger partial charge in [0.15, 0.2) is 0 Å². The summed E-state index contributed by atoms with van der Waals surface area (Å²) in [6.45, 7) is 7.15. The van der Waals surface area contributed by atoms with Crippen molar-refractivity contribution < 1.29 is 4.79 Å². The van der Waals surface area contributed by atoms with Crippen LogP contribution in [0.25, 0.3) is 5.00 Å². The van der Waals surface area contributed by atoms with Crippen LogP contribution in [0.1, 0.15) is 60.0 Å². The Morgan fingerprint density at radius 3 is 2.77 bits per heavy atom. The number of fused-ring (bicyclic) bond motifs is 5. The average Bonchev–Trinajstić information content (AvgIpc) is 3.29. The van der Waals surface area contributed by atoms with Crippen molar-refractivity contribution in [2.24, 2.45) is 5.92 Å². The van der Waals surface area contributed by atoms with Crippen LogP contribution in [0.4, 0.5) is 10.5 Å². The number of aromatic nitrogens is 1. The molecule has 2 amide bonds. The van der Waals surface area contributed by atoms with Crippen molar-refractivity contribution in [3.8, 4) is 5.00 Å². The maximum absolute atomic E-state index is 13.6. The number of carbonyl (C=O) groups is 1. The number of anilines is 1. The Kier molecular flexibility index (Phi) is 4.94. The molecular formula is C25H29N3OS. The summed E-state index contributed by atoms with van der Waals surface area (Å²) in [6, 6.07) is 12.4. The van der Waals surface area contributed by atoms with Gasteiger partial charge in [-0.1, -0.05) is 26.0 Å². The van der Waals surface area contributed by atoms with Gasteiger partial charge < -0.3 is 14.8 Å². The maximum Gasteiger partial charge on any atom is 0.322 e. The molecule has 0 saturated heterocycles. The lowest BCUT2D eigenvalue weighted by molar-refractivity contribution is 0.161. The van der Waals surface area contributed by atoms with Crippen LogP contribution in [0.5, 0.6) is 0 Å². The Morgan fingerprint density at radius 1 is 1.13 bits per heavy atom. The first kappa shape index (κ1) is 19.4. The predicted octanol–water partition coefficient (Wildman–Crippen LogP) is 6.47. The standard InChI is InChI=1S/C25H29N3OS/c1-16(2)23-21-11-7-13-27(21)24-20(19-10-4-5-12-22(19)30-24)15-28(23)25(29)26-18-9-6-8-17(3)14-18/h6-9,11,13-14,16,23H,4-5,10,12,15H2,1-3H3,(H,26,29)/t23-/m0/s1. The fourth-order valence-corrected chi connectivity index (χ4v) is 6.44. The van der Waals surface area contributed by atoms with E-state index < -0.39 is 0 Å². The zero-order valence-electron chi connectivity index (χ0n) is 17.9. The van der Waals surface area contributed by atoms with Gasteiger partial charge in [-0.25, -0.2) is 4.79 Å². The first-order chi connectivity index (χ1) is 14.5. The second-order valence-corrected chi connectivity index (χ2v) is 10.00. The Labute approximate surface area is 182 Å². The lowest BCUT2D eigenvalue weighted by Gasteiger charge is -2.33. The Balaban J connectivity index is 1.59. The fourth-order valence-electron chi connectivity index (χ4n) is 5.04. The second-order valence-electron chi connectivity index (χ2n) is 8.91. The number of benzene rings is 1. The third-order valence-corrected chi connectivity index (χ3v) is 7.72. The van der Waals surface area contributed by atoms with Gasteiger partial charge in [-0.2, -0.15) is 0 Å². The molecule has 156 valence electrons. The molecule has 0 spiro atoms. The van der Waals surface area contributed by atoms with E-state index in [1.807, 2.05) is 29.5 Å². The third-order valence-electron chi connectivity index (χ3n) is 6.39. The van der Waals surface area contributed by atoms with Crippen molar-refractivity contribution in [1.29, 1.82) is 0 Å². The third kappa shape index (κ3) is 3.25. The Morgan fingerprint density at radius 2 is 1.97 bits per heavy atom. The van der Waals surface area contributed by atoms with Crippen LogP contribution in [-0.4, -0.2) is 15.5 Å². The average molecular weight is 420 g/mol. The molecule has 1 aromatic carbocycles. The highest BCUT2D eigenvalue weighted by atomic mass is 32.1. The molecule has 2 aliphatic rings. The van der Waals surface area contributed by atoms with Crippen molar-refractivity contribution in [2.45, 2.75) is 59.0 Å². The zero-order chi connectivity index (χ0) is 20.8. The summed E-state index contributed by atoms with van der Waals surface area (Å²) in [7, 11) is 0. The van der Waals surface area contributed by atoms with Gasteiger partial charge in [0.2, 0.25) is 0 Å². The van der Waals surface area contributed by atoms with Crippen LogP contribution in [0, 0.1) is 12.8 Å². The molecule has 4 nitrogen and oxygen atoms in total. The van der Waals surface area contributed by atoms with Crippen LogP contribution in [0.2, 0.25) is 0 Å². The summed E-state index contributed by atoms with van der Waals surface area (Å²) < 4.78 is 2.35. The van der Waals surface area contributed by atoms with Gasteiger partial charge in [-0.3, -0.25) is 0 Å². The van der Waals surface area contributed by atoms with Crippen molar-refractivity contribution in [3.05, 3.63) is 69.9 Å². The van der Waals surface area contributed by atoms with Crippen molar-refractivity contribution in [1.82, 2.24) is 9.47 Å². The second kappa shape index (κ2) is 7.62.